The molecule has 0 saturated carbocycles. The molecule has 0 bridgehead atoms. The van der Waals surface area contributed by atoms with E-state index in [9.17, 15) is 4.79 Å². The predicted octanol–water partition coefficient (Wildman–Crippen LogP) is 2.34. The first-order chi connectivity index (χ1) is 10.1. The minimum atomic E-state index is -0.0544. The van der Waals surface area contributed by atoms with E-state index >= 15 is 0 Å². The van der Waals surface area contributed by atoms with Gasteiger partial charge in [-0.1, -0.05) is 12.1 Å². The molecule has 0 aliphatic carbocycles. The maximum absolute atomic E-state index is 12.1. The van der Waals surface area contributed by atoms with Crippen molar-refractivity contribution in [1.29, 1.82) is 0 Å². The second-order valence-corrected chi connectivity index (χ2v) is 5.01. The van der Waals surface area contributed by atoms with Crippen LogP contribution >= 0.6 is 0 Å². The molecule has 0 spiro atoms. The van der Waals surface area contributed by atoms with E-state index in [0.717, 1.165) is 22.2 Å². The van der Waals surface area contributed by atoms with Gasteiger partial charge in [-0.2, -0.15) is 5.10 Å². The molecule has 5 nitrogen and oxygen atoms in total. The number of carbonyl (C=O) groups is 1. The number of nitrogen functional groups attached to an aromatic ring is 1. The molecule has 0 aliphatic rings. The van der Waals surface area contributed by atoms with Crippen LogP contribution in [0.25, 0.3) is 10.9 Å². The Kier molecular flexibility index (Phi) is 3.31. The van der Waals surface area contributed by atoms with E-state index in [1.807, 2.05) is 37.4 Å². The molecule has 21 heavy (non-hydrogen) atoms. The minimum absolute atomic E-state index is 0.0544. The molecule has 1 aromatic heterocycles. The number of hydrogen-bond donors (Lipinski definition) is 2. The van der Waals surface area contributed by atoms with E-state index in [0.29, 0.717) is 12.1 Å². The summed E-state index contributed by atoms with van der Waals surface area (Å²) in [4.78, 5) is 12.1. The van der Waals surface area contributed by atoms with Crippen LogP contribution in [-0.2, 0) is 18.3 Å². The average molecular weight is 280 g/mol. The van der Waals surface area contributed by atoms with Crippen molar-refractivity contribution in [3.8, 4) is 0 Å². The fourth-order valence-electron chi connectivity index (χ4n) is 2.25. The number of aryl methyl sites for hydroxylation is 1. The number of nitrogens with zero attached hydrogens (tertiary/aromatic N) is 2. The Bertz CT molecular complexity index is 790. The quantitative estimate of drug-likeness (QED) is 0.723. The molecule has 5 heteroatoms. The van der Waals surface area contributed by atoms with E-state index < -0.39 is 0 Å². The average Bonchev–Trinajstić information content (AvgIpc) is 2.83. The number of amides is 1. The number of rotatable bonds is 3. The molecule has 0 fully saturated rings. The first-order valence-electron chi connectivity index (χ1n) is 6.68. The van der Waals surface area contributed by atoms with E-state index in [4.69, 9.17) is 5.73 Å². The summed E-state index contributed by atoms with van der Waals surface area (Å²) in [6.07, 6.45) is 2.12. The number of nitrogens with one attached hydrogen (secondary N) is 1. The lowest BCUT2D eigenvalue weighted by Crippen LogP contribution is -2.14. The Morgan fingerprint density at radius 2 is 2.00 bits per heavy atom. The Morgan fingerprint density at radius 1 is 1.24 bits per heavy atom. The van der Waals surface area contributed by atoms with Gasteiger partial charge in [-0.15, -0.1) is 0 Å². The highest BCUT2D eigenvalue weighted by Crippen LogP contribution is 2.18. The van der Waals surface area contributed by atoms with Crippen LogP contribution in [0, 0.1) is 0 Å². The van der Waals surface area contributed by atoms with Crippen LogP contribution in [0.3, 0.4) is 0 Å². The second-order valence-electron chi connectivity index (χ2n) is 5.01. The standard InChI is InChI=1S/C16H16N4O/c1-20-15-9-14(7-4-12(15)10-18-20)19-16(21)8-11-2-5-13(17)6-3-11/h2-7,9-10H,8,17H2,1H3,(H,19,21). The Labute approximate surface area is 122 Å². The second kappa shape index (κ2) is 5.28. The zero-order valence-corrected chi connectivity index (χ0v) is 11.7. The fraction of sp³-hybridized carbons (Fsp3) is 0.125. The predicted molar refractivity (Wildman–Crippen MR) is 83.9 cm³/mol. The third kappa shape index (κ3) is 2.86. The molecule has 1 amide bonds. The molecule has 0 radical (unpaired) electrons. The molecular weight excluding hydrogens is 264 g/mol. The van der Waals surface area contributed by atoms with Crippen LogP contribution in [-0.4, -0.2) is 15.7 Å². The van der Waals surface area contributed by atoms with Crippen molar-refractivity contribution in [2.75, 3.05) is 11.1 Å². The number of fused-ring (bicyclic) bond motifs is 1. The zero-order chi connectivity index (χ0) is 14.8. The molecule has 106 valence electrons. The smallest absolute Gasteiger partial charge is 0.228 e. The van der Waals surface area contributed by atoms with Gasteiger partial charge in [0.25, 0.3) is 0 Å². The topological polar surface area (TPSA) is 72.9 Å². The number of aromatic nitrogens is 2. The largest absolute Gasteiger partial charge is 0.399 e. The molecular formula is C16H16N4O. The molecule has 2 aromatic carbocycles. The van der Waals surface area contributed by atoms with Gasteiger partial charge in [-0.05, 0) is 35.9 Å². The third-order valence-electron chi connectivity index (χ3n) is 3.38. The van der Waals surface area contributed by atoms with Crippen LogP contribution in [0.1, 0.15) is 5.56 Å². The number of nitrogens with two attached hydrogens (primary N) is 1. The highest BCUT2D eigenvalue weighted by atomic mass is 16.1. The van der Waals surface area contributed by atoms with Gasteiger partial charge in [0.1, 0.15) is 0 Å². The van der Waals surface area contributed by atoms with Gasteiger partial charge >= 0.3 is 0 Å². The van der Waals surface area contributed by atoms with Gasteiger partial charge in [0.2, 0.25) is 5.91 Å². The summed E-state index contributed by atoms with van der Waals surface area (Å²) in [5, 5.41) is 8.14. The van der Waals surface area contributed by atoms with Crippen LogP contribution in [0.15, 0.2) is 48.7 Å². The lowest BCUT2D eigenvalue weighted by atomic mass is 10.1. The Hall–Kier alpha value is -2.82. The number of hydrogen-bond acceptors (Lipinski definition) is 3. The SMILES string of the molecule is Cn1ncc2ccc(NC(=O)Cc3ccc(N)cc3)cc21. The van der Waals surface area contributed by atoms with Crippen LogP contribution < -0.4 is 11.1 Å². The van der Waals surface area contributed by atoms with Crippen LogP contribution in [0.5, 0.6) is 0 Å². The summed E-state index contributed by atoms with van der Waals surface area (Å²) in [6.45, 7) is 0. The van der Waals surface area contributed by atoms with Crippen molar-refractivity contribution in [2.24, 2.45) is 7.05 Å². The van der Waals surface area contributed by atoms with E-state index in [1.54, 1.807) is 23.0 Å². The van der Waals surface area contributed by atoms with Crippen molar-refractivity contribution in [1.82, 2.24) is 9.78 Å². The third-order valence-corrected chi connectivity index (χ3v) is 3.38. The summed E-state index contributed by atoms with van der Waals surface area (Å²) >= 11 is 0. The minimum Gasteiger partial charge on any atom is -0.399 e. The first kappa shape index (κ1) is 13.2. The van der Waals surface area contributed by atoms with E-state index in [2.05, 4.69) is 10.4 Å². The van der Waals surface area contributed by atoms with Crippen molar-refractivity contribution >= 4 is 28.2 Å². The van der Waals surface area contributed by atoms with Gasteiger partial charge < -0.3 is 11.1 Å². The van der Waals surface area contributed by atoms with Gasteiger partial charge in [0.05, 0.1) is 18.1 Å². The van der Waals surface area contributed by atoms with E-state index in [-0.39, 0.29) is 5.91 Å². The van der Waals surface area contributed by atoms with Gasteiger partial charge in [0.15, 0.2) is 0 Å². The molecule has 3 aromatic rings. The number of carbonyl (C=O) groups excluding carboxylic acids is 1. The number of anilines is 2. The van der Waals surface area contributed by atoms with Crippen molar-refractivity contribution in [3.05, 3.63) is 54.2 Å². The van der Waals surface area contributed by atoms with Gasteiger partial charge in [-0.25, -0.2) is 0 Å². The molecule has 3 N–H and O–H groups in total. The highest BCUT2D eigenvalue weighted by molar-refractivity contribution is 5.94. The van der Waals surface area contributed by atoms with Crippen molar-refractivity contribution in [2.45, 2.75) is 6.42 Å². The molecule has 0 saturated heterocycles. The summed E-state index contributed by atoms with van der Waals surface area (Å²) in [5.74, 6) is -0.0544. The van der Waals surface area contributed by atoms with Crippen LogP contribution in [0.4, 0.5) is 11.4 Å². The summed E-state index contributed by atoms with van der Waals surface area (Å²) < 4.78 is 1.78. The molecule has 0 unspecified atom stereocenters. The van der Waals surface area contributed by atoms with Gasteiger partial charge in [0, 0.05) is 23.8 Å². The zero-order valence-electron chi connectivity index (χ0n) is 11.7. The summed E-state index contributed by atoms with van der Waals surface area (Å²) in [7, 11) is 1.88. The summed E-state index contributed by atoms with van der Waals surface area (Å²) in [5.41, 5.74) is 9.01. The Morgan fingerprint density at radius 3 is 2.76 bits per heavy atom. The monoisotopic (exact) mass is 280 g/mol. The molecule has 0 atom stereocenters. The maximum Gasteiger partial charge on any atom is 0.228 e. The molecule has 3 rings (SSSR count). The van der Waals surface area contributed by atoms with E-state index in [1.165, 1.54) is 0 Å². The highest BCUT2D eigenvalue weighted by Gasteiger charge is 2.06. The summed E-state index contributed by atoms with van der Waals surface area (Å²) in [6, 6.07) is 13.1. The first-order valence-corrected chi connectivity index (χ1v) is 6.68. The normalized spacial score (nSPS) is 10.7. The van der Waals surface area contributed by atoms with Crippen molar-refractivity contribution < 1.29 is 4.79 Å². The maximum atomic E-state index is 12.1. The lowest BCUT2D eigenvalue weighted by molar-refractivity contribution is -0.115. The van der Waals surface area contributed by atoms with Gasteiger partial charge in [-0.3, -0.25) is 9.48 Å². The van der Waals surface area contributed by atoms with Crippen molar-refractivity contribution in [3.63, 3.8) is 0 Å². The number of benzene rings is 2. The fourth-order valence-corrected chi connectivity index (χ4v) is 2.25. The molecule has 0 aliphatic heterocycles. The van der Waals surface area contributed by atoms with Crippen LogP contribution in [0.2, 0.25) is 0 Å². The molecule has 1 heterocycles. The Balaban J connectivity index is 1.73. The lowest BCUT2D eigenvalue weighted by Gasteiger charge is -2.06.